The molecule has 8 heteroatoms. The molecule has 2 fully saturated rings. The van der Waals surface area contributed by atoms with Crippen molar-refractivity contribution in [1.29, 1.82) is 0 Å². The van der Waals surface area contributed by atoms with E-state index in [2.05, 4.69) is 24.1 Å². The molecule has 2 aliphatic rings. The highest BCUT2D eigenvalue weighted by atomic mass is 19.4. The lowest BCUT2D eigenvalue weighted by Crippen LogP contribution is -2.58. The smallest absolute Gasteiger partial charge is 0.354 e. The van der Waals surface area contributed by atoms with E-state index in [0.29, 0.717) is 44.6 Å². The lowest BCUT2D eigenvalue weighted by Gasteiger charge is -2.41. The average Bonchev–Trinajstić information content (AvgIpc) is 3.31. The van der Waals surface area contributed by atoms with Crippen LogP contribution in [0.15, 0.2) is 24.3 Å². The molecule has 0 bridgehead atoms. The van der Waals surface area contributed by atoms with Crippen LogP contribution in [-0.2, 0) is 11.0 Å². The maximum Gasteiger partial charge on any atom is 0.417 e. The Morgan fingerprint density at radius 2 is 1.72 bits per heavy atom. The van der Waals surface area contributed by atoms with Crippen molar-refractivity contribution in [3.63, 3.8) is 0 Å². The summed E-state index contributed by atoms with van der Waals surface area (Å²) in [5, 5.41) is 3.11. The monoisotopic (exact) mass is 453 g/mol. The van der Waals surface area contributed by atoms with Crippen LogP contribution >= 0.6 is 0 Å². The van der Waals surface area contributed by atoms with E-state index >= 15 is 0 Å². The van der Waals surface area contributed by atoms with E-state index in [4.69, 9.17) is 0 Å². The van der Waals surface area contributed by atoms with Gasteiger partial charge in [0.2, 0.25) is 5.91 Å². The number of carbonyl (C=O) groups is 2. The van der Waals surface area contributed by atoms with Gasteiger partial charge in [-0.2, -0.15) is 13.2 Å². The molecule has 5 nitrogen and oxygen atoms in total. The topological polar surface area (TPSA) is 52.7 Å². The largest absolute Gasteiger partial charge is 0.417 e. The fourth-order valence-electron chi connectivity index (χ4n) is 4.77. The molecule has 0 spiro atoms. The highest BCUT2D eigenvalue weighted by Crippen LogP contribution is 2.33. The van der Waals surface area contributed by atoms with Crippen LogP contribution in [0.25, 0.3) is 0 Å². The van der Waals surface area contributed by atoms with Crippen LogP contribution in [0.4, 0.5) is 13.2 Å². The minimum atomic E-state index is -4.57. The first-order valence-corrected chi connectivity index (χ1v) is 11.7. The Morgan fingerprint density at radius 3 is 2.31 bits per heavy atom. The molecule has 178 valence electrons. The first kappa shape index (κ1) is 24.6. The Bertz CT molecular complexity index is 785. The van der Waals surface area contributed by atoms with E-state index in [0.717, 1.165) is 38.2 Å². The van der Waals surface area contributed by atoms with Crippen molar-refractivity contribution in [3.05, 3.63) is 35.4 Å². The maximum atomic E-state index is 13.3. The standard InChI is InChI=1S/C24H34F3N3O2/c1-3-17(2)16-28-22(31)21(18-8-4-5-9-18)29-12-14-30(15-13-29)23(32)19-10-6-7-11-20(19)24(25,26)27/h6-7,10-11,17-18,21H,3-5,8-9,12-16H2,1-2H3,(H,28,31)/t17-,21+/m1/s1. The number of halogens is 3. The second-order valence-corrected chi connectivity index (χ2v) is 9.12. The summed E-state index contributed by atoms with van der Waals surface area (Å²) in [7, 11) is 0. The fourth-order valence-corrected chi connectivity index (χ4v) is 4.77. The number of rotatable bonds is 7. The molecule has 1 N–H and O–H groups in total. The number of amides is 2. The molecule has 1 aliphatic carbocycles. The van der Waals surface area contributed by atoms with Crippen molar-refractivity contribution >= 4 is 11.8 Å². The van der Waals surface area contributed by atoms with Gasteiger partial charge in [-0.25, -0.2) is 0 Å². The zero-order chi connectivity index (χ0) is 23.3. The lowest BCUT2D eigenvalue weighted by atomic mass is 9.94. The molecule has 1 aromatic carbocycles. The number of carbonyl (C=O) groups excluding carboxylic acids is 2. The van der Waals surface area contributed by atoms with E-state index < -0.39 is 17.6 Å². The molecule has 2 amide bonds. The van der Waals surface area contributed by atoms with E-state index in [1.807, 2.05) is 0 Å². The van der Waals surface area contributed by atoms with Crippen molar-refractivity contribution < 1.29 is 22.8 Å². The summed E-state index contributed by atoms with van der Waals surface area (Å²) in [6.07, 6.45) is 0.682. The number of alkyl halides is 3. The summed E-state index contributed by atoms with van der Waals surface area (Å²) in [6.45, 7) is 6.44. The first-order valence-electron chi connectivity index (χ1n) is 11.7. The third kappa shape index (κ3) is 5.82. The van der Waals surface area contributed by atoms with Crippen LogP contribution < -0.4 is 5.32 Å². The number of piperazine rings is 1. The van der Waals surface area contributed by atoms with Crippen molar-refractivity contribution in [1.82, 2.24) is 15.1 Å². The molecule has 32 heavy (non-hydrogen) atoms. The van der Waals surface area contributed by atoms with Crippen molar-refractivity contribution in [2.45, 2.75) is 58.2 Å². The molecule has 1 heterocycles. The highest BCUT2D eigenvalue weighted by molar-refractivity contribution is 5.96. The summed E-state index contributed by atoms with van der Waals surface area (Å²) in [6, 6.07) is 4.70. The Kier molecular flexibility index (Phi) is 8.20. The van der Waals surface area contributed by atoms with Gasteiger partial charge in [-0.1, -0.05) is 45.2 Å². The van der Waals surface area contributed by atoms with Crippen molar-refractivity contribution in [2.24, 2.45) is 11.8 Å². The molecule has 1 saturated carbocycles. The Labute approximate surface area is 188 Å². The van der Waals surface area contributed by atoms with Gasteiger partial charge in [0.25, 0.3) is 5.91 Å². The van der Waals surface area contributed by atoms with E-state index in [1.165, 1.54) is 23.1 Å². The van der Waals surface area contributed by atoms with Gasteiger partial charge in [-0.3, -0.25) is 14.5 Å². The molecule has 0 aromatic heterocycles. The van der Waals surface area contributed by atoms with Gasteiger partial charge in [0.1, 0.15) is 0 Å². The zero-order valence-corrected chi connectivity index (χ0v) is 19.0. The summed E-state index contributed by atoms with van der Waals surface area (Å²) in [5.74, 6) is 0.141. The highest BCUT2D eigenvalue weighted by Gasteiger charge is 2.39. The van der Waals surface area contributed by atoms with Gasteiger partial charge in [0.05, 0.1) is 17.2 Å². The van der Waals surface area contributed by atoms with Crippen molar-refractivity contribution in [3.8, 4) is 0 Å². The minimum absolute atomic E-state index is 0.0411. The van der Waals surface area contributed by atoms with Gasteiger partial charge >= 0.3 is 6.18 Å². The first-order chi connectivity index (χ1) is 15.2. The van der Waals surface area contributed by atoms with Crippen LogP contribution in [-0.4, -0.2) is 60.4 Å². The number of benzene rings is 1. The second kappa shape index (κ2) is 10.7. The SMILES string of the molecule is CC[C@@H](C)CNC(=O)[C@H](C1CCCC1)N1CCN(C(=O)c2ccccc2C(F)(F)F)CC1. The predicted molar refractivity (Wildman–Crippen MR) is 117 cm³/mol. The average molecular weight is 454 g/mol. The van der Waals surface area contributed by atoms with Gasteiger partial charge in [-0.15, -0.1) is 0 Å². The van der Waals surface area contributed by atoms with Gasteiger partial charge in [0.15, 0.2) is 0 Å². The molecular weight excluding hydrogens is 419 g/mol. The van der Waals surface area contributed by atoms with Crippen LogP contribution in [0.3, 0.4) is 0 Å². The van der Waals surface area contributed by atoms with E-state index in [9.17, 15) is 22.8 Å². The third-order valence-electron chi connectivity index (χ3n) is 6.89. The normalized spacial score (nSPS) is 20.2. The summed E-state index contributed by atoms with van der Waals surface area (Å²) >= 11 is 0. The molecule has 0 radical (unpaired) electrons. The van der Waals surface area contributed by atoms with Crippen LogP contribution in [0.1, 0.15) is 61.9 Å². The Morgan fingerprint density at radius 1 is 1.09 bits per heavy atom. The lowest BCUT2D eigenvalue weighted by molar-refractivity contribution is -0.138. The fraction of sp³-hybridized carbons (Fsp3) is 0.667. The van der Waals surface area contributed by atoms with Gasteiger partial charge in [-0.05, 0) is 36.8 Å². The van der Waals surface area contributed by atoms with E-state index in [-0.39, 0.29) is 17.5 Å². The Balaban J connectivity index is 1.67. The van der Waals surface area contributed by atoms with E-state index in [1.54, 1.807) is 0 Å². The van der Waals surface area contributed by atoms with Crippen LogP contribution in [0.5, 0.6) is 0 Å². The Hall–Kier alpha value is -2.09. The third-order valence-corrected chi connectivity index (χ3v) is 6.89. The zero-order valence-electron chi connectivity index (χ0n) is 19.0. The molecule has 2 atom stereocenters. The molecule has 3 rings (SSSR count). The maximum absolute atomic E-state index is 13.3. The number of nitrogens with one attached hydrogen (secondary N) is 1. The quantitative estimate of drug-likeness (QED) is 0.674. The molecular formula is C24H34F3N3O2. The van der Waals surface area contributed by atoms with Crippen LogP contribution in [0.2, 0.25) is 0 Å². The summed E-state index contributed by atoms with van der Waals surface area (Å²) in [4.78, 5) is 29.6. The van der Waals surface area contributed by atoms with Crippen molar-refractivity contribution in [2.75, 3.05) is 32.7 Å². The minimum Gasteiger partial charge on any atom is -0.354 e. The molecule has 1 aromatic rings. The van der Waals surface area contributed by atoms with Gasteiger partial charge in [0, 0.05) is 32.7 Å². The predicted octanol–water partition coefficient (Wildman–Crippen LogP) is 4.18. The molecule has 0 unspecified atom stereocenters. The number of hydrogen-bond donors (Lipinski definition) is 1. The molecule has 1 aliphatic heterocycles. The van der Waals surface area contributed by atoms with Gasteiger partial charge < -0.3 is 10.2 Å². The number of hydrogen-bond acceptors (Lipinski definition) is 3. The summed E-state index contributed by atoms with van der Waals surface area (Å²) in [5.41, 5.74) is -1.22. The van der Waals surface area contributed by atoms with Crippen LogP contribution in [0, 0.1) is 11.8 Å². The number of nitrogens with zero attached hydrogens (tertiary/aromatic N) is 2. The molecule has 1 saturated heterocycles. The second-order valence-electron chi connectivity index (χ2n) is 9.12. The summed E-state index contributed by atoms with van der Waals surface area (Å²) < 4.78 is 40.0.